The SMILES string of the molecule is CC(C)(C)c1ccc2c(c1)-c1cc(C(C)(C)C)ccc1[CH]2[Zr](=[C](c1cccc(C(F)(F)F)c1)c1cccc(C(F)(F)F)c1)[CH]1C=CC=C1. The third kappa shape index (κ3) is 6.64. The van der Waals surface area contributed by atoms with Crippen LogP contribution in [0.25, 0.3) is 11.1 Å². The molecule has 0 saturated carbocycles. The maximum atomic E-state index is 14.2. The van der Waals surface area contributed by atoms with Crippen molar-refractivity contribution in [1.82, 2.24) is 0 Å². The average molecular weight is 736 g/mol. The number of halogens is 6. The molecule has 4 aromatic carbocycles. The molecule has 0 bridgehead atoms. The van der Waals surface area contributed by atoms with E-state index in [0.29, 0.717) is 14.3 Å². The molecule has 0 N–H and O–H groups in total. The van der Waals surface area contributed by atoms with Crippen molar-refractivity contribution in [3.63, 3.8) is 0 Å². The molecule has 0 aliphatic heterocycles. The summed E-state index contributed by atoms with van der Waals surface area (Å²) in [5, 5.41) is 0. The molecule has 0 unspecified atom stereocenters. The fourth-order valence-electron chi connectivity index (χ4n) is 6.86. The van der Waals surface area contributed by atoms with Gasteiger partial charge >= 0.3 is 288 Å². The van der Waals surface area contributed by atoms with E-state index in [2.05, 4.69) is 90.1 Å². The van der Waals surface area contributed by atoms with Gasteiger partial charge in [0.25, 0.3) is 0 Å². The van der Waals surface area contributed by atoms with E-state index in [-0.39, 0.29) is 18.1 Å². The van der Waals surface area contributed by atoms with Crippen molar-refractivity contribution in [3.8, 4) is 11.1 Å². The number of hydrogen-bond donors (Lipinski definition) is 0. The fourth-order valence-corrected chi connectivity index (χ4v) is 16.2. The number of hydrogen-bond acceptors (Lipinski definition) is 0. The van der Waals surface area contributed by atoms with Gasteiger partial charge in [-0.2, -0.15) is 0 Å². The molecule has 0 atom stereocenters. The van der Waals surface area contributed by atoms with Gasteiger partial charge in [-0.3, -0.25) is 0 Å². The Morgan fingerprint density at radius 2 is 0.938 bits per heavy atom. The molecular formula is C41H38F6Zr. The monoisotopic (exact) mass is 734 g/mol. The average Bonchev–Trinajstić information content (AvgIpc) is 3.64. The Labute approximate surface area is 286 Å². The minimum absolute atomic E-state index is 0.0973. The summed E-state index contributed by atoms with van der Waals surface area (Å²) in [6.07, 6.45) is -1.15. The maximum absolute atomic E-state index is 14.2. The Balaban J connectivity index is 1.75. The van der Waals surface area contributed by atoms with Crippen LogP contribution in [-0.4, -0.2) is 3.21 Å². The zero-order chi connectivity index (χ0) is 34.8. The van der Waals surface area contributed by atoms with Crippen LogP contribution in [0.4, 0.5) is 26.3 Å². The van der Waals surface area contributed by atoms with E-state index >= 15 is 0 Å². The summed E-state index contributed by atoms with van der Waals surface area (Å²) < 4.78 is 85.3. The van der Waals surface area contributed by atoms with E-state index in [4.69, 9.17) is 0 Å². The van der Waals surface area contributed by atoms with Gasteiger partial charge in [-0.05, 0) is 0 Å². The zero-order valence-corrected chi connectivity index (χ0v) is 30.3. The first-order valence-electron chi connectivity index (χ1n) is 16.1. The fraction of sp³-hybridized carbons (Fsp3) is 0.293. The molecule has 0 heterocycles. The molecule has 4 aromatic rings. The molecule has 7 heteroatoms. The summed E-state index contributed by atoms with van der Waals surface area (Å²) in [4.78, 5) is 0. The van der Waals surface area contributed by atoms with Gasteiger partial charge in [0, 0.05) is 0 Å². The Morgan fingerprint density at radius 3 is 1.31 bits per heavy atom. The molecule has 0 aromatic heterocycles. The van der Waals surface area contributed by atoms with Gasteiger partial charge in [-0.1, -0.05) is 0 Å². The van der Waals surface area contributed by atoms with Crippen molar-refractivity contribution in [2.24, 2.45) is 0 Å². The van der Waals surface area contributed by atoms with Crippen molar-refractivity contribution in [3.05, 3.63) is 154 Å². The van der Waals surface area contributed by atoms with E-state index < -0.39 is 44.7 Å². The van der Waals surface area contributed by atoms with Crippen molar-refractivity contribution in [2.45, 2.75) is 72.0 Å². The molecule has 0 radical (unpaired) electrons. The molecule has 48 heavy (non-hydrogen) atoms. The zero-order valence-electron chi connectivity index (χ0n) is 27.8. The van der Waals surface area contributed by atoms with Gasteiger partial charge in [0.05, 0.1) is 0 Å². The van der Waals surface area contributed by atoms with Gasteiger partial charge in [0.15, 0.2) is 0 Å². The predicted octanol–water partition coefficient (Wildman–Crippen LogP) is 12.2. The van der Waals surface area contributed by atoms with Crippen LogP contribution < -0.4 is 0 Å². The molecule has 2 aliphatic carbocycles. The standard InChI is InChI=1S/C21H25.C15H8F6.C5H5.Zr/c1-20(2,3)16-9-7-14-11-15-8-10-17(21(4,5)6)13-19(15)18(14)12-16;16-14(17,18)12-5-1-3-10(8-12)7-11-4-2-6-13(9-11)15(19,20)21;1-2-4-5-3-1;/h7-13H,1-6H3;1-6,8-9H;1-5H;. The number of allylic oxidation sites excluding steroid dienone is 4. The van der Waals surface area contributed by atoms with Crippen LogP contribution in [0.5, 0.6) is 0 Å². The van der Waals surface area contributed by atoms with Crippen molar-refractivity contribution >= 4 is 3.21 Å². The minimum atomic E-state index is -4.61. The molecular weight excluding hydrogens is 698 g/mol. The summed E-state index contributed by atoms with van der Waals surface area (Å²) in [5.41, 5.74) is 5.52. The van der Waals surface area contributed by atoms with Gasteiger partial charge in [0.2, 0.25) is 0 Å². The summed E-state index contributed by atoms with van der Waals surface area (Å²) in [6.45, 7) is 13.0. The van der Waals surface area contributed by atoms with Crippen LogP contribution in [0.2, 0.25) is 3.63 Å². The quantitative estimate of drug-likeness (QED) is 0.183. The van der Waals surface area contributed by atoms with Crippen molar-refractivity contribution in [2.75, 3.05) is 0 Å². The third-order valence-corrected chi connectivity index (χ3v) is 18.0. The Hall–Kier alpha value is -3.31. The molecule has 0 saturated heterocycles. The van der Waals surface area contributed by atoms with Crippen molar-refractivity contribution in [1.29, 1.82) is 0 Å². The summed E-state index contributed by atoms with van der Waals surface area (Å²) in [5.74, 6) is 0. The normalized spacial score (nSPS) is 15.2. The molecule has 0 spiro atoms. The van der Waals surface area contributed by atoms with E-state index in [0.717, 1.165) is 46.5 Å². The first-order chi connectivity index (χ1) is 22.3. The summed E-state index contributed by atoms with van der Waals surface area (Å²) in [6, 6.07) is 23.4. The second-order valence-electron chi connectivity index (χ2n) is 14.8. The molecule has 0 nitrogen and oxygen atoms in total. The third-order valence-electron chi connectivity index (χ3n) is 9.41. The number of rotatable bonds is 4. The Bertz CT molecular complexity index is 1840. The molecule has 0 fully saturated rings. The summed E-state index contributed by atoms with van der Waals surface area (Å²) in [7, 11) is 0. The van der Waals surface area contributed by atoms with Gasteiger partial charge in [0.1, 0.15) is 0 Å². The number of alkyl halides is 6. The van der Waals surface area contributed by atoms with Gasteiger partial charge in [-0.25, -0.2) is 0 Å². The van der Waals surface area contributed by atoms with Crippen molar-refractivity contribution < 1.29 is 47.6 Å². The first kappa shape index (κ1) is 34.6. The van der Waals surface area contributed by atoms with Crippen LogP contribution in [0.15, 0.2) is 109 Å². The number of benzene rings is 4. The van der Waals surface area contributed by atoms with E-state index in [1.165, 1.54) is 23.3 Å². The molecule has 0 amide bonds. The Kier molecular flexibility index (Phi) is 8.80. The molecule has 6 rings (SSSR count). The second-order valence-corrected chi connectivity index (χ2v) is 21.3. The second kappa shape index (κ2) is 12.2. The topological polar surface area (TPSA) is 0 Å². The summed E-state index contributed by atoms with van der Waals surface area (Å²) >= 11 is -3.51. The van der Waals surface area contributed by atoms with E-state index in [1.807, 2.05) is 12.2 Å². The van der Waals surface area contributed by atoms with Gasteiger partial charge in [-0.15, -0.1) is 0 Å². The van der Waals surface area contributed by atoms with Crippen LogP contribution in [0, 0.1) is 0 Å². The van der Waals surface area contributed by atoms with Crippen LogP contribution in [-0.2, 0) is 44.4 Å². The first-order valence-corrected chi connectivity index (χ1v) is 20.1. The van der Waals surface area contributed by atoms with Crippen LogP contribution in [0.1, 0.15) is 89.7 Å². The van der Waals surface area contributed by atoms with Crippen LogP contribution in [0.3, 0.4) is 0 Å². The predicted molar refractivity (Wildman–Crippen MR) is 179 cm³/mol. The van der Waals surface area contributed by atoms with Gasteiger partial charge < -0.3 is 0 Å². The van der Waals surface area contributed by atoms with Crippen LogP contribution >= 0.6 is 0 Å². The molecule has 2 aliphatic rings. The molecule has 248 valence electrons. The van der Waals surface area contributed by atoms with E-state index in [9.17, 15) is 26.3 Å². The number of fused-ring (bicyclic) bond motifs is 3. The van der Waals surface area contributed by atoms with E-state index in [1.54, 1.807) is 12.1 Å². The Morgan fingerprint density at radius 1 is 0.521 bits per heavy atom.